The predicted molar refractivity (Wildman–Crippen MR) is 71.4 cm³/mol. The second-order valence-electron chi connectivity index (χ2n) is 4.25. The first-order valence-corrected chi connectivity index (χ1v) is 6.20. The van der Waals surface area contributed by atoms with E-state index in [0.29, 0.717) is 6.54 Å². The first kappa shape index (κ1) is 11.7. The van der Waals surface area contributed by atoms with E-state index >= 15 is 0 Å². The smallest absolute Gasteiger partial charge is 0.185 e. The quantitative estimate of drug-likeness (QED) is 0.753. The molecule has 3 heterocycles. The van der Waals surface area contributed by atoms with E-state index in [2.05, 4.69) is 20.3 Å². The summed E-state index contributed by atoms with van der Waals surface area (Å²) in [5.41, 5.74) is 8.23. The maximum atomic E-state index is 5.52. The SMILES string of the molecule is NCCCc1cc(-c2nnc3cccnn23)ccn1. The molecular formula is C13H14N6. The van der Waals surface area contributed by atoms with Crippen LogP contribution < -0.4 is 5.73 Å². The highest BCUT2D eigenvalue weighted by Gasteiger charge is 2.09. The fraction of sp³-hybridized carbons (Fsp3) is 0.231. The first-order valence-electron chi connectivity index (χ1n) is 6.20. The monoisotopic (exact) mass is 254 g/mol. The van der Waals surface area contributed by atoms with Gasteiger partial charge in [0.05, 0.1) is 0 Å². The Kier molecular flexibility index (Phi) is 3.16. The molecular weight excluding hydrogens is 240 g/mol. The van der Waals surface area contributed by atoms with Crippen LogP contribution >= 0.6 is 0 Å². The molecule has 0 unspecified atom stereocenters. The molecule has 0 aliphatic rings. The normalized spacial score (nSPS) is 11.0. The van der Waals surface area contributed by atoms with E-state index < -0.39 is 0 Å². The van der Waals surface area contributed by atoms with Gasteiger partial charge >= 0.3 is 0 Å². The fourth-order valence-electron chi connectivity index (χ4n) is 1.96. The van der Waals surface area contributed by atoms with Crippen molar-refractivity contribution in [3.8, 4) is 11.4 Å². The summed E-state index contributed by atoms with van der Waals surface area (Å²) >= 11 is 0. The summed E-state index contributed by atoms with van der Waals surface area (Å²) in [5.74, 6) is 0.729. The van der Waals surface area contributed by atoms with Gasteiger partial charge in [-0.15, -0.1) is 10.2 Å². The number of nitrogens with two attached hydrogens (primary N) is 1. The average Bonchev–Trinajstić information content (AvgIpc) is 2.89. The molecule has 2 N–H and O–H groups in total. The van der Waals surface area contributed by atoms with Crippen molar-refractivity contribution in [2.75, 3.05) is 6.54 Å². The molecule has 3 aromatic rings. The second kappa shape index (κ2) is 5.11. The minimum absolute atomic E-state index is 0.668. The highest BCUT2D eigenvalue weighted by Crippen LogP contribution is 2.17. The molecule has 6 heteroatoms. The second-order valence-corrected chi connectivity index (χ2v) is 4.25. The van der Waals surface area contributed by atoms with Crippen molar-refractivity contribution in [2.45, 2.75) is 12.8 Å². The van der Waals surface area contributed by atoms with Crippen molar-refractivity contribution in [3.05, 3.63) is 42.4 Å². The number of hydrogen-bond donors (Lipinski definition) is 1. The Hall–Kier alpha value is -2.34. The molecule has 0 saturated carbocycles. The van der Waals surface area contributed by atoms with Crippen LogP contribution in [0, 0.1) is 0 Å². The van der Waals surface area contributed by atoms with Crippen LogP contribution in [-0.2, 0) is 6.42 Å². The zero-order valence-electron chi connectivity index (χ0n) is 10.4. The number of nitrogens with zero attached hydrogens (tertiary/aromatic N) is 5. The Balaban J connectivity index is 2.01. The van der Waals surface area contributed by atoms with Crippen molar-refractivity contribution in [1.82, 2.24) is 24.8 Å². The van der Waals surface area contributed by atoms with Crippen LogP contribution in [0.5, 0.6) is 0 Å². The van der Waals surface area contributed by atoms with E-state index in [1.807, 2.05) is 24.3 Å². The number of aromatic nitrogens is 5. The van der Waals surface area contributed by atoms with Crippen LogP contribution in [0.1, 0.15) is 12.1 Å². The lowest BCUT2D eigenvalue weighted by Gasteiger charge is -2.02. The lowest BCUT2D eigenvalue weighted by Crippen LogP contribution is -2.02. The summed E-state index contributed by atoms with van der Waals surface area (Å²) in [6, 6.07) is 7.64. The Bertz CT molecular complexity index is 690. The van der Waals surface area contributed by atoms with Crippen LogP contribution in [0.15, 0.2) is 36.7 Å². The van der Waals surface area contributed by atoms with E-state index in [1.54, 1.807) is 16.9 Å². The minimum atomic E-state index is 0.668. The van der Waals surface area contributed by atoms with E-state index in [0.717, 1.165) is 35.6 Å². The molecule has 6 nitrogen and oxygen atoms in total. The largest absolute Gasteiger partial charge is 0.330 e. The lowest BCUT2D eigenvalue weighted by atomic mass is 10.1. The topological polar surface area (TPSA) is 82.0 Å². The molecule has 0 aliphatic heterocycles. The third-order valence-electron chi connectivity index (χ3n) is 2.89. The highest BCUT2D eigenvalue weighted by atomic mass is 15.4. The Labute approximate surface area is 110 Å². The van der Waals surface area contributed by atoms with Crippen molar-refractivity contribution in [2.24, 2.45) is 5.73 Å². The number of aryl methyl sites for hydroxylation is 1. The van der Waals surface area contributed by atoms with Gasteiger partial charge in [-0.2, -0.15) is 9.61 Å². The standard InChI is InChI=1S/C13H14N6/c14-6-1-3-11-9-10(5-8-15-11)13-18-17-12-4-2-7-16-19(12)13/h2,4-5,7-9H,1,3,6,14H2. The molecule has 0 bridgehead atoms. The molecule has 0 aromatic carbocycles. The van der Waals surface area contributed by atoms with Gasteiger partial charge in [0.25, 0.3) is 0 Å². The van der Waals surface area contributed by atoms with Gasteiger partial charge in [-0.1, -0.05) is 0 Å². The summed E-state index contributed by atoms with van der Waals surface area (Å²) < 4.78 is 1.72. The minimum Gasteiger partial charge on any atom is -0.330 e. The highest BCUT2D eigenvalue weighted by molar-refractivity contribution is 5.58. The molecule has 3 aromatic heterocycles. The van der Waals surface area contributed by atoms with Crippen molar-refractivity contribution < 1.29 is 0 Å². The van der Waals surface area contributed by atoms with Crippen LogP contribution in [0.25, 0.3) is 17.0 Å². The third-order valence-corrected chi connectivity index (χ3v) is 2.89. The zero-order valence-corrected chi connectivity index (χ0v) is 10.4. The van der Waals surface area contributed by atoms with Gasteiger partial charge in [-0.25, -0.2) is 0 Å². The summed E-state index contributed by atoms with van der Waals surface area (Å²) in [7, 11) is 0. The van der Waals surface area contributed by atoms with Crippen LogP contribution in [0.3, 0.4) is 0 Å². The Morgan fingerprint density at radius 3 is 3.00 bits per heavy atom. The number of fused-ring (bicyclic) bond motifs is 1. The molecule has 0 atom stereocenters. The molecule has 0 spiro atoms. The number of pyridine rings is 1. The van der Waals surface area contributed by atoms with Crippen molar-refractivity contribution >= 4 is 5.65 Å². The molecule has 3 rings (SSSR count). The Morgan fingerprint density at radius 2 is 2.11 bits per heavy atom. The summed E-state index contributed by atoms with van der Waals surface area (Å²) in [6.45, 7) is 0.668. The molecule has 0 aliphatic carbocycles. The van der Waals surface area contributed by atoms with Gasteiger partial charge < -0.3 is 5.73 Å². The fourth-order valence-corrected chi connectivity index (χ4v) is 1.96. The number of rotatable bonds is 4. The van der Waals surface area contributed by atoms with Crippen molar-refractivity contribution in [1.29, 1.82) is 0 Å². The average molecular weight is 254 g/mol. The van der Waals surface area contributed by atoms with E-state index in [-0.39, 0.29) is 0 Å². The van der Waals surface area contributed by atoms with Crippen LogP contribution in [0.4, 0.5) is 0 Å². The molecule has 96 valence electrons. The summed E-state index contributed by atoms with van der Waals surface area (Å²) in [6.07, 6.45) is 5.30. The Morgan fingerprint density at radius 1 is 1.16 bits per heavy atom. The van der Waals surface area contributed by atoms with Gasteiger partial charge in [0.15, 0.2) is 11.5 Å². The summed E-state index contributed by atoms with van der Waals surface area (Å²) in [4.78, 5) is 4.33. The maximum Gasteiger partial charge on any atom is 0.185 e. The van der Waals surface area contributed by atoms with Gasteiger partial charge in [0.1, 0.15) is 0 Å². The first-order chi connectivity index (χ1) is 9.38. The molecule has 0 radical (unpaired) electrons. The van der Waals surface area contributed by atoms with Crippen molar-refractivity contribution in [3.63, 3.8) is 0 Å². The summed E-state index contributed by atoms with van der Waals surface area (Å²) in [5, 5.41) is 12.5. The van der Waals surface area contributed by atoms with E-state index in [9.17, 15) is 0 Å². The molecule has 0 fully saturated rings. The van der Waals surface area contributed by atoms with E-state index in [4.69, 9.17) is 5.73 Å². The number of hydrogen-bond acceptors (Lipinski definition) is 5. The molecule has 0 saturated heterocycles. The molecule has 0 amide bonds. The maximum absolute atomic E-state index is 5.52. The van der Waals surface area contributed by atoms with Crippen LogP contribution in [0.2, 0.25) is 0 Å². The lowest BCUT2D eigenvalue weighted by molar-refractivity contribution is 0.810. The predicted octanol–water partition coefficient (Wildman–Crippen LogP) is 1.08. The van der Waals surface area contributed by atoms with Gasteiger partial charge in [0.2, 0.25) is 0 Å². The molecule has 19 heavy (non-hydrogen) atoms. The van der Waals surface area contributed by atoms with Crippen LogP contribution in [-0.4, -0.2) is 31.3 Å². The third kappa shape index (κ3) is 2.30. The zero-order chi connectivity index (χ0) is 13.1. The van der Waals surface area contributed by atoms with Gasteiger partial charge in [-0.3, -0.25) is 4.98 Å². The van der Waals surface area contributed by atoms with Gasteiger partial charge in [0, 0.05) is 23.7 Å². The van der Waals surface area contributed by atoms with E-state index in [1.165, 1.54) is 0 Å². The van der Waals surface area contributed by atoms with Gasteiger partial charge in [-0.05, 0) is 43.7 Å².